The summed E-state index contributed by atoms with van der Waals surface area (Å²) in [5.41, 5.74) is 5.18. The summed E-state index contributed by atoms with van der Waals surface area (Å²) in [6, 6.07) is 20.0. The van der Waals surface area contributed by atoms with Gasteiger partial charge in [-0.3, -0.25) is 19.3 Å². The molecule has 34 heavy (non-hydrogen) atoms. The van der Waals surface area contributed by atoms with Gasteiger partial charge in [-0.1, -0.05) is 78.4 Å². The molecule has 6 heteroatoms. The summed E-state index contributed by atoms with van der Waals surface area (Å²) in [5, 5.41) is 0.433. The Balaban J connectivity index is 1.65. The molecule has 0 N–H and O–H groups in total. The molecule has 2 unspecified atom stereocenters. The molecule has 1 aliphatic rings. The minimum Gasteiger partial charge on any atom is -0.293 e. The van der Waals surface area contributed by atoms with Gasteiger partial charge in [-0.05, 0) is 49.1 Å². The Labute approximate surface area is 202 Å². The Kier molecular flexibility index (Phi) is 5.62. The molecule has 170 valence electrons. The van der Waals surface area contributed by atoms with Crippen molar-refractivity contribution in [3.05, 3.63) is 94.5 Å². The smallest absolute Gasteiger partial charge is 0.293 e. The van der Waals surface area contributed by atoms with Gasteiger partial charge in [0, 0.05) is 5.56 Å². The van der Waals surface area contributed by atoms with E-state index in [0.717, 1.165) is 38.9 Å². The lowest BCUT2D eigenvalue weighted by atomic mass is 9.86. The lowest BCUT2D eigenvalue weighted by Gasteiger charge is -2.25. The zero-order valence-electron chi connectivity index (χ0n) is 19.2. The second kappa shape index (κ2) is 8.61. The average Bonchev–Trinajstić information content (AvgIpc) is 3.37. The summed E-state index contributed by atoms with van der Waals surface area (Å²) in [4.78, 5) is 46.4. The van der Waals surface area contributed by atoms with E-state index in [4.69, 9.17) is 0 Å². The van der Waals surface area contributed by atoms with E-state index in [1.54, 1.807) is 12.1 Å². The van der Waals surface area contributed by atoms with Gasteiger partial charge in [-0.2, -0.15) is 0 Å². The number of ketones is 2. The Bertz CT molecular complexity index is 1420. The second-order valence-corrected chi connectivity index (χ2v) is 9.76. The molecule has 2 heterocycles. The van der Waals surface area contributed by atoms with Crippen molar-refractivity contribution in [1.82, 2.24) is 4.98 Å². The number of hydrogen-bond donors (Lipinski definition) is 0. The van der Waals surface area contributed by atoms with Crippen LogP contribution in [0, 0.1) is 19.8 Å². The number of carbonyl (C=O) groups is 3. The number of rotatable bonds is 5. The number of nitrogens with zero attached hydrogens (tertiary/aromatic N) is 2. The number of thiazole rings is 1. The molecule has 1 aromatic heterocycles. The highest BCUT2D eigenvalue weighted by Crippen LogP contribution is 2.43. The van der Waals surface area contributed by atoms with Crippen LogP contribution in [0.25, 0.3) is 10.2 Å². The zero-order chi connectivity index (χ0) is 24.0. The van der Waals surface area contributed by atoms with E-state index in [0.29, 0.717) is 10.7 Å². The summed E-state index contributed by atoms with van der Waals surface area (Å²) in [7, 11) is 0. The van der Waals surface area contributed by atoms with E-state index in [1.165, 1.54) is 16.2 Å². The van der Waals surface area contributed by atoms with Gasteiger partial charge in [0.25, 0.3) is 5.91 Å². The van der Waals surface area contributed by atoms with E-state index in [9.17, 15) is 14.4 Å². The van der Waals surface area contributed by atoms with Gasteiger partial charge in [0.2, 0.25) is 5.78 Å². The lowest BCUT2D eigenvalue weighted by molar-refractivity contribution is -0.135. The summed E-state index contributed by atoms with van der Waals surface area (Å²) < 4.78 is 0.934. The van der Waals surface area contributed by atoms with Crippen LogP contribution in [0.5, 0.6) is 0 Å². The fraction of sp³-hybridized carbons (Fsp3) is 0.214. The molecule has 0 saturated carbocycles. The summed E-state index contributed by atoms with van der Waals surface area (Å²) >= 11 is 1.36. The van der Waals surface area contributed by atoms with Crippen LogP contribution in [-0.2, 0) is 16.0 Å². The number of hydrogen-bond acceptors (Lipinski definition) is 5. The third-order valence-corrected chi connectivity index (χ3v) is 7.41. The normalized spacial score (nSPS) is 18.1. The minimum absolute atomic E-state index is 0.345. The molecule has 0 radical (unpaired) electrons. The Morgan fingerprint density at radius 1 is 0.941 bits per heavy atom. The molecule has 0 bridgehead atoms. The SMILES string of the molecule is CCc1ccc(C2C(C(=O)c3ccc(C)cc3)C(=O)C(=O)N2c2nc3ccc(C)cc3s2)cc1. The molecule has 1 amide bonds. The number of amides is 1. The number of fused-ring (bicyclic) bond motifs is 1. The highest BCUT2D eigenvalue weighted by molar-refractivity contribution is 7.22. The van der Waals surface area contributed by atoms with Crippen LogP contribution in [-0.4, -0.2) is 22.5 Å². The number of carbonyl (C=O) groups excluding carboxylic acids is 3. The molecule has 3 aromatic carbocycles. The van der Waals surface area contributed by atoms with E-state index < -0.39 is 23.7 Å². The monoisotopic (exact) mass is 468 g/mol. The summed E-state index contributed by atoms with van der Waals surface area (Å²) in [6.07, 6.45) is 0.871. The molecule has 4 aromatic rings. The van der Waals surface area contributed by atoms with Crippen molar-refractivity contribution in [3.8, 4) is 0 Å². The molecular weight excluding hydrogens is 444 g/mol. The Morgan fingerprint density at radius 3 is 2.29 bits per heavy atom. The number of aryl methyl sites for hydroxylation is 3. The van der Waals surface area contributed by atoms with Gasteiger partial charge < -0.3 is 0 Å². The van der Waals surface area contributed by atoms with Crippen LogP contribution in [0.3, 0.4) is 0 Å². The van der Waals surface area contributed by atoms with E-state index in [2.05, 4.69) is 11.9 Å². The largest absolute Gasteiger partial charge is 0.297 e. The first-order chi connectivity index (χ1) is 16.4. The van der Waals surface area contributed by atoms with Gasteiger partial charge in [-0.15, -0.1) is 0 Å². The quantitative estimate of drug-likeness (QED) is 0.216. The molecule has 5 nitrogen and oxygen atoms in total. The van der Waals surface area contributed by atoms with Crippen molar-refractivity contribution in [2.24, 2.45) is 5.92 Å². The predicted octanol–water partition coefficient (Wildman–Crippen LogP) is 5.63. The molecule has 1 fully saturated rings. The Morgan fingerprint density at radius 2 is 1.62 bits per heavy atom. The zero-order valence-corrected chi connectivity index (χ0v) is 20.1. The van der Waals surface area contributed by atoms with Crippen LogP contribution >= 0.6 is 11.3 Å². The van der Waals surface area contributed by atoms with Gasteiger partial charge in [0.1, 0.15) is 5.92 Å². The minimum atomic E-state index is -1.13. The molecular formula is C28H24N2O3S. The molecule has 1 saturated heterocycles. The predicted molar refractivity (Wildman–Crippen MR) is 134 cm³/mol. The van der Waals surface area contributed by atoms with Crippen molar-refractivity contribution < 1.29 is 14.4 Å². The van der Waals surface area contributed by atoms with Crippen LogP contribution in [0.1, 0.15) is 45.6 Å². The van der Waals surface area contributed by atoms with Crippen molar-refractivity contribution in [1.29, 1.82) is 0 Å². The van der Waals surface area contributed by atoms with Crippen LogP contribution in [0.4, 0.5) is 5.13 Å². The molecule has 0 aliphatic carbocycles. The van der Waals surface area contributed by atoms with E-state index in [1.807, 2.05) is 68.4 Å². The third kappa shape index (κ3) is 3.74. The van der Waals surface area contributed by atoms with Crippen molar-refractivity contribution in [2.45, 2.75) is 33.2 Å². The molecule has 1 aliphatic heterocycles. The third-order valence-electron chi connectivity index (χ3n) is 6.39. The van der Waals surface area contributed by atoms with Gasteiger partial charge in [0.05, 0.1) is 16.3 Å². The van der Waals surface area contributed by atoms with Crippen molar-refractivity contribution >= 4 is 44.2 Å². The first-order valence-corrected chi connectivity index (χ1v) is 12.1. The van der Waals surface area contributed by atoms with Gasteiger partial charge in [-0.25, -0.2) is 4.98 Å². The maximum Gasteiger partial charge on any atom is 0.297 e. The number of aromatic nitrogens is 1. The maximum atomic E-state index is 13.6. The number of anilines is 1. The average molecular weight is 469 g/mol. The maximum absolute atomic E-state index is 13.6. The Hall–Kier alpha value is -3.64. The van der Waals surface area contributed by atoms with Gasteiger partial charge >= 0.3 is 0 Å². The highest BCUT2D eigenvalue weighted by Gasteiger charge is 2.53. The molecule has 0 spiro atoms. The highest BCUT2D eigenvalue weighted by atomic mass is 32.1. The fourth-order valence-corrected chi connectivity index (χ4v) is 5.55. The lowest BCUT2D eigenvalue weighted by Crippen LogP contribution is -2.30. The van der Waals surface area contributed by atoms with Crippen molar-refractivity contribution in [3.63, 3.8) is 0 Å². The second-order valence-electron chi connectivity index (χ2n) is 8.75. The molecule has 5 rings (SSSR count). The molecule has 2 atom stereocenters. The van der Waals surface area contributed by atoms with Crippen LogP contribution in [0.2, 0.25) is 0 Å². The summed E-state index contributed by atoms with van der Waals surface area (Å²) in [5.74, 6) is -2.85. The number of Topliss-reactive ketones (excluding diaryl/α,β-unsaturated/α-hetero) is 2. The topological polar surface area (TPSA) is 67.3 Å². The van der Waals surface area contributed by atoms with E-state index >= 15 is 0 Å². The summed E-state index contributed by atoms with van der Waals surface area (Å²) in [6.45, 7) is 6.00. The first kappa shape index (κ1) is 22.2. The standard InChI is InChI=1S/C28H24N2O3S/c1-4-18-8-12-19(13-9-18)24-23(25(31)20-10-5-16(2)6-11-20)26(32)27(33)30(24)28-29-21-14-7-17(3)15-22(21)34-28/h5-15,23-24H,4H2,1-3H3. The van der Waals surface area contributed by atoms with E-state index in [-0.39, 0.29) is 5.78 Å². The first-order valence-electron chi connectivity index (χ1n) is 11.3. The van der Waals surface area contributed by atoms with Crippen molar-refractivity contribution in [2.75, 3.05) is 4.90 Å². The number of benzene rings is 3. The van der Waals surface area contributed by atoms with Crippen LogP contribution < -0.4 is 4.90 Å². The van der Waals surface area contributed by atoms with Crippen LogP contribution in [0.15, 0.2) is 66.7 Å². The fourth-order valence-electron chi connectivity index (χ4n) is 4.45. The van der Waals surface area contributed by atoms with Gasteiger partial charge in [0.15, 0.2) is 10.9 Å².